The largest absolute Gasteiger partial charge is 0.356 e. The molecule has 0 aromatic carbocycles. The molecule has 23 heavy (non-hydrogen) atoms. The molecule has 1 N–H and O–H groups in total. The van der Waals surface area contributed by atoms with Gasteiger partial charge in [-0.2, -0.15) is 0 Å². The monoisotopic (exact) mass is 311 g/mol. The summed E-state index contributed by atoms with van der Waals surface area (Å²) in [4.78, 5) is 26.8. The van der Waals surface area contributed by atoms with E-state index in [1.54, 1.807) is 13.1 Å². The zero-order valence-electron chi connectivity index (χ0n) is 13.5. The summed E-state index contributed by atoms with van der Waals surface area (Å²) in [5.74, 6) is 2.08. The van der Waals surface area contributed by atoms with Gasteiger partial charge in [-0.25, -0.2) is 9.97 Å². The molecule has 3 heterocycles. The molecule has 0 bridgehead atoms. The fraction of sp³-hybridized carbons (Fsp3) is 0.412. The maximum atomic E-state index is 11.0. The third-order valence-corrected chi connectivity index (χ3v) is 3.98. The van der Waals surface area contributed by atoms with Gasteiger partial charge < -0.3 is 10.2 Å². The van der Waals surface area contributed by atoms with Gasteiger partial charge in [-0.15, -0.1) is 0 Å². The molecule has 0 aliphatic carbocycles. The molecule has 1 saturated heterocycles. The number of hydrogen-bond acceptors (Lipinski definition) is 5. The first-order valence-corrected chi connectivity index (χ1v) is 7.88. The second-order valence-electron chi connectivity index (χ2n) is 5.94. The van der Waals surface area contributed by atoms with Crippen LogP contribution in [0.3, 0.4) is 0 Å². The van der Waals surface area contributed by atoms with Gasteiger partial charge in [0.15, 0.2) is 5.82 Å². The van der Waals surface area contributed by atoms with Gasteiger partial charge in [0.25, 0.3) is 0 Å². The minimum absolute atomic E-state index is 0.0266. The quantitative estimate of drug-likeness (QED) is 0.932. The highest BCUT2D eigenvalue weighted by atomic mass is 16.1. The van der Waals surface area contributed by atoms with Gasteiger partial charge in [-0.3, -0.25) is 9.78 Å². The van der Waals surface area contributed by atoms with Crippen molar-refractivity contribution in [1.29, 1.82) is 0 Å². The van der Waals surface area contributed by atoms with Crippen LogP contribution in [0.4, 0.5) is 5.82 Å². The molecule has 2 aromatic heterocycles. The van der Waals surface area contributed by atoms with Crippen molar-refractivity contribution in [1.82, 2.24) is 20.3 Å². The lowest BCUT2D eigenvalue weighted by atomic mass is 10.1. The van der Waals surface area contributed by atoms with E-state index in [1.165, 1.54) is 0 Å². The van der Waals surface area contributed by atoms with E-state index in [4.69, 9.17) is 0 Å². The van der Waals surface area contributed by atoms with E-state index < -0.39 is 0 Å². The number of nitrogens with one attached hydrogen (secondary N) is 1. The lowest BCUT2D eigenvalue weighted by molar-refractivity contribution is -0.119. The van der Waals surface area contributed by atoms with Crippen LogP contribution in [0.5, 0.6) is 0 Å². The van der Waals surface area contributed by atoms with Crippen molar-refractivity contribution in [2.24, 2.45) is 5.92 Å². The van der Waals surface area contributed by atoms with Crippen molar-refractivity contribution in [3.05, 3.63) is 36.2 Å². The van der Waals surface area contributed by atoms with E-state index in [1.807, 2.05) is 31.2 Å². The zero-order chi connectivity index (χ0) is 16.2. The summed E-state index contributed by atoms with van der Waals surface area (Å²) in [6, 6.07) is 7.75. The number of aromatic nitrogens is 3. The molecule has 3 rings (SSSR count). The van der Waals surface area contributed by atoms with E-state index in [2.05, 4.69) is 25.2 Å². The van der Waals surface area contributed by atoms with Crippen molar-refractivity contribution in [2.45, 2.75) is 20.3 Å². The fourth-order valence-corrected chi connectivity index (χ4v) is 2.82. The maximum Gasteiger partial charge on any atom is 0.216 e. The Hall–Kier alpha value is -2.50. The highest BCUT2D eigenvalue weighted by Crippen LogP contribution is 2.24. The molecule has 2 aromatic rings. The van der Waals surface area contributed by atoms with Crippen LogP contribution in [-0.2, 0) is 4.79 Å². The molecular weight excluding hydrogens is 290 g/mol. The van der Waals surface area contributed by atoms with E-state index >= 15 is 0 Å². The molecule has 1 fully saturated rings. The van der Waals surface area contributed by atoms with Gasteiger partial charge in [-0.05, 0) is 31.4 Å². The van der Waals surface area contributed by atoms with E-state index in [9.17, 15) is 4.79 Å². The van der Waals surface area contributed by atoms with Gasteiger partial charge in [0.1, 0.15) is 11.5 Å². The first-order chi connectivity index (χ1) is 11.1. The number of carbonyl (C=O) groups is 1. The standard InChI is InChI=1S/C17H21N5O/c1-12-9-16(21-17(20-12)15-5-3-4-7-18-15)22-8-6-14(11-22)10-19-13(2)23/h3-5,7,9,14H,6,8,10-11H2,1-2H3,(H,19,23)/t14-/m1/s1. The van der Waals surface area contributed by atoms with Gasteiger partial charge in [0, 0.05) is 44.5 Å². The van der Waals surface area contributed by atoms with E-state index in [0.29, 0.717) is 11.7 Å². The molecule has 0 unspecified atom stereocenters. The van der Waals surface area contributed by atoms with Crippen LogP contribution in [-0.4, -0.2) is 40.5 Å². The summed E-state index contributed by atoms with van der Waals surface area (Å²) >= 11 is 0. The summed E-state index contributed by atoms with van der Waals surface area (Å²) < 4.78 is 0. The smallest absolute Gasteiger partial charge is 0.216 e. The molecule has 120 valence electrons. The summed E-state index contributed by atoms with van der Waals surface area (Å²) in [5.41, 5.74) is 1.72. The topological polar surface area (TPSA) is 71.0 Å². The molecule has 1 aliphatic rings. The third-order valence-electron chi connectivity index (χ3n) is 3.98. The fourth-order valence-electron chi connectivity index (χ4n) is 2.82. The number of rotatable bonds is 4. The first kappa shape index (κ1) is 15.4. The summed E-state index contributed by atoms with van der Waals surface area (Å²) in [5, 5.41) is 2.90. The average Bonchev–Trinajstić information content (AvgIpc) is 3.02. The normalized spacial score (nSPS) is 17.3. The highest BCUT2D eigenvalue weighted by molar-refractivity contribution is 5.72. The van der Waals surface area contributed by atoms with Crippen LogP contribution in [0.2, 0.25) is 0 Å². The molecule has 1 aliphatic heterocycles. The minimum atomic E-state index is 0.0266. The van der Waals surface area contributed by atoms with Gasteiger partial charge in [0.05, 0.1) is 0 Å². The lowest BCUT2D eigenvalue weighted by Gasteiger charge is -2.18. The minimum Gasteiger partial charge on any atom is -0.356 e. The SMILES string of the molecule is CC(=O)NC[C@H]1CCN(c2cc(C)nc(-c3ccccn3)n2)C1. The van der Waals surface area contributed by atoms with Crippen molar-refractivity contribution < 1.29 is 4.79 Å². The van der Waals surface area contributed by atoms with Crippen LogP contribution in [0.1, 0.15) is 19.0 Å². The van der Waals surface area contributed by atoms with Crippen molar-refractivity contribution in [3.8, 4) is 11.5 Å². The number of aryl methyl sites for hydroxylation is 1. The van der Waals surface area contributed by atoms with Crippen LogP contribution < -0.4 is 10.2 Å². The molecule has 1 amide bonds. The number of hydrogen-bond donors (Lipinski definition) is 1. The van der Waals surface area contributed by atoms with Crippen molar-refractivity contribution >= 4 is 11.7 Å². The Morgan fingerprint density at radius 2 is 2.26 bits per heavy atom. The Balaban J connectivity index is 1.76. The third kappa shape index (κ3) is 3.83. The average molecular weight is 311 g/mol. The maximum absolute atomic E-state index is 11.0. The second-order valence-corrected chi connectivity index (χ2v) is 5.94. The van der Waals surface area contributed by atoms with Crippen LogP contribution >= 0.6 is 0 Å². The molecule has 0 spiro atoms. The van der Waals surface area contributed by atoms with E-state index in [-0.39, 0.29) is 5.91 Å². The predicted octanol–water partition coefficient (Wildman–Crippen LogP) is 1.81. The molecule has 6 nitrogen and oxygen atoms in total. The number of anilines is 1. The van der Waals surface area contributed by atoms with Crippen molar-refractivity contribution in [3.63, 3.8) is 0 Å². The second kappa shape index (κ2) is 6.73. The predicted molar refractivity (Wildman–Crippen MR) is 89.0 cm³/mol. The first-order valence-electron chi connectivity index (χ1n) is 7.88. The molecule has 1 atom stereocenters. The molecule has 0 saturated carbocycles. The Bertz CT molecular complexity index is 689. The zero-order valence-corrected chi connectivity index (χ0v) is 13.5. The van der Waals surface area contributed by atoms with Crippen LogP contribution in [0.15, 0.2) is 30.5 Å². The Kier molecular flexibility index (Phi) is 4.50. The Morgan fingerprint density at radius 3 is 3.00 bits per heavy atom. The number of nitrogens with zero attached hydrogens (tertiary/aromatic N) is 4. The van der Waals surface area contributed by atoms with Gasteiger partial charge in [-0.1, -0.05) is 6.07 Å². The van der Waals surface area contributed by atoms with Gasteiger partial charge in [0.2, 0.25) is 5.91 Å². The summed E-state index contributed by atoms with van der Waals surface area (Å²) in [6.45, 7) is 6.10. The van der Waals surface area contributed by atoms with Crippen molar-refractivity contribution in [2.75, 3.05) is 24.5 Å². The summed E-state index contributed by atoms with van der Waals surface area (Å²) in [6.07, 6.45) is 2.81. The number of carbonyl (C=O) groups excluding carboxylic acids is 1. The lowest BCUT2D eigenvalue weighted by Crippen LogP contribution is -2.29. The Labute approximate surface area is 136 Å². The van der Waals surface area contributed by atoms with Gasteiger partial charge >= 0.3 is 0 Å². The molecule has 6 heteroatoms. The number of amides is 1. The molecule has 0 radical (unpaired) electrons. The highest BCUT2D eigenvalue weighted by Gasteiger charge is 2.24. The van der Waals surface area contributed by atoms with E-state index in [0.717, 1.165) is 43.3 Å². The Morgan fingerprint density at radius 1 is 1.39 bits per heavy atom. The number of pyridine rings is 1. The van der Waals surface area contributed by atoms with Crippen LogP contribution in [0, 0.1) is 12.8 Å². The van der Waals surface area contributed by atoms with Crippen LogP contribution in [0.25, 0.3) is 11.5 Å². The summed E-state index contributed by atoms with van der Waals surface area (Å²) in [7, 11) is 0. The molecular formula is C17H21N5O.